The Bertz CT molecular complexity index is 699. The maximum atomic E-state index is 14.1. The van der Waals surface area contributed by atoms with Gasteiger partial charge in [0, 0.05) is 11.8 Å². The lowest BCUT2D eigenvalue weighted by Gasteiger charge is -2.15. The van der Waals surface area contributed by atoms with E-state index in [9.17, 15) is 14.3 Å². The average Bonchev–Trinajstić information content (AvgIpc) is 3.28. The normalized spacial score (nSPS) is 15.8. The van der Waals surface area contributed by atoms with E-state index in [-0.39, 0.29) is 18.4 Å². The van der Waals surface area contributed by atoms with Crippen molar-refractivity contribution in [3.05, 3.63) is 48.2 Å². The summed E-state index contributed by atoms with van der Waals surface area (Å²) in [7, 11) is 0. The monoisotopic (exact) mass is 348 g/mol. The third-order valence-corrected chi connectivity index (χ3v) is 4.11. The molecule has 1 aliphatic rings. The first-order valence-electron chi connectivity index (χ1n) is 8.34. The van der Waals surface area contributed by atoms with Crippen LogP contribution in [0.25, 0.3) is 0 Å². The molecule has 1 aromatic heterocycles. The number of anilines is 1. The molecule has 0 radical (unpaired) electrons. The molecule has 134 valence electrons. The number of aliphatic hydroxyl groups excluding tert-OH is 1. The van der Waals surface area contributed by atoms with Crippen LogP contribution in [0.2, 0.25) is 0 Å². The topological polar surface area (TPSA) is 83.7 Å². The number of hydrogen-bond acceptors (Lipinski definition) is 4. The molecule has 1 saturated carbocycles. The summed E-state index contributed by atoms with van der Waals surface area (Å²) in [6, 6.07) is 7.03. The molecular formula is C18H21FN2O4. The molecular weight excluding hydrogens is 327 g/mol. The summed E-state index contributed by atoms with van der Waals surface area (Å²) in [5, 5.41) is 14.8. The van der Waals surface area contributed by atoms with Gasteiger partial charge in [0.15, 0.2) is 11.6 Å². The third kappa shape index (κ3) is 4.73. The quantitative estimate of drug-likeness (QED) is 0.745. The summed E-state index contributed by atoms with van der Waals surface area (Å²) >= 11 is 0. The Morgan fingerprint density at radius 1 is 1.36 bits per heavy atom. The molecule has 0 spiro atoms. The standard InChI is InChI=1S/C18H21FN2O4/c19-14-10-12(7-8-16(14)25-13-4-1-2-5-13)21-18(23)20-11-15(22)17-6-3-9-24-17/h3,6-10,13,15,22H,1-2,4-5,11H2,(H2,20,21,23). The lowest BCUT2D eigenvalue weighted by atomic mass is 10.2. The molecule has 0 aliphatic heterocycles. The minimum absolute atomic E-state index is 0.0231. The number of carbonyl (C=O) groups is 1. The Kier molecular flexibility index (Phi) is 5.55. The molecule has 1 heterocycles. The van der Waals surface area contributed by atoms with Crippen molar-refractivity contribution in [3.8, 4) is 5.75 Å². The van der Waals surface area contributed by atoms with Crippen molar-refractivity contribution < 1.29 is 23.4 Å². The Balaban J connectivity index is 1.50. The van der Waals surface area contributed by atoms with Crippen LogP contribution in [0.15, 0.2) is 41.0 Å². The Hall–Kier alpha value is -2.54. The summed E-state index contributed by atoms with van der Waals surface area (Å²) in [4.78, 5) is 11.8. The molecule has 1 unspecified atom stereocenters. The van der Waals surface area contributed by atoms with Crippen molar-refractivity contribution in [3.63, 3.8) is 0 Å². The highest BCUT2D eigenvalue weighted by Gasteiger charge is 2.18. The maximum Gasteiger partial charge on any atom is 0.319 e. The van der Waals surface area contributed by atoms with Crippen LogP contribution in [-0.2, 0) is 0 Å². The average molecular weight is 348 g/mol. The van der Waals surface area contributed by atoms with Crippen LogP contribution in [0.3, 0.4) is 0 Å². The van der Waals surface area contributed by atoms with Gasteiger partial charge >= 0.3 is 6.03 Å². The van der Waals surface area contributed by atoms with Crippen molar-refractivity contribution in [2.75, 3.05) is 11.9 Å². The van der Waals surface area contributed by atoms with E-state index in [0.29, 0.717) is 11.4 Å². The molecule has 1 atom stereocenters. The van der Waals surface area contributed by atoms with Crippen molar-refractivity contribution in [1.29, 1.82) is 0 Å². The first-order valence-corrected chi connectivity index (χ1v) is 8.34. The second kappa shape index (κ2) is 8.02. The van der Waals surface area contributed by atoms with Crippen molar-refractivity contribution >= 4 is 11.7 Å². The molecule has 0 bridgehead atoms. The number of amides is 2. The molecule has 2 amide bonds. The number of rotatable bonds is 6. The fourth-order valence-electron chi connectivity index (χ4n) is 2.81. The molecule has 6 nitrogen and oxygen atoms in total. The van der Waals surface area contributed by atoms with Gasteiger partial charge in [-0.2, -0.15) is 0 Å². The predicted molar refractivity (Wildman–Crippen MR) is 90.0 cm³/mol. The van der Waals surface area contributed by atoms with Gasteiger partial charge in [0.1, 0.15) is 11.9 Å². The van der Waals surface area contributed by atoms with Gasteiger partial charge in [-0.25, -0.2) is 9.18 Å². The first-order chi connectivity index (χ1) is 12.1. The number of furan rings is 1. The van der Waals surface area contributed by atoms with E-state index in [1.54, 1.807) is 18.2 Å². The van der Waals surface area contributed by atoms with Crippen molar-refractivity contribution in [2.45, 2.75) is 37.9 Å². The predicted octanol–water partition coefficient (Wildman–Crippen LogP) is 3.60. The first kappa shape index (κ1) is 17.3. The van der Waals surface area contributed by atoms with E-state index in [1.165, 1.54) is 18.4 Å². The molecule has 7 heteroatoms. The van der Waals surface area contributed by atoms with Crippen LogP contribution in [0.4, 0.5) is 14.9 Å². The van der Waals surface area contributed by atoms with Gasteiger partial charge in [0.05, 0.1) is 18.9 Å². The zero-order valence-electron chi connectivity index (χ0n) is 13.7. The number of carbonyl (C=O) groups excluding carboxylic acids is 1. The highest BCUT2D eigenvalue weighted by Crippen LogP contribution is 2.27. The largest absolute Gasteiger partial charge is 0.487 e. The summed E-state index contributed by atoms with van der Waals surface area (Å²) in [6.45, 7) is -0.0231. The molecule has 1 aromatic carbocycles. The minimum Gasteiger partial charge on any atom is -0.487 e. The van der Waals surface area contributed by atoms with E-state index in [1.807, 2.05) is 0 Å². The zero-order valence-corrected chi connectivity index (χ0v) is 13.7. The Morgan fingerprint density at radius 2 is 2.16 bits per heavy atom. The van der Waals surface area contributed by atoms with E-state index in [0.717, 1.165) is 25.7 Å². The van der Waals surface area contributed by atoms with Crippen LogP contribution in [0.5, 0.6) is 5.75 Å². The van der Waals surface area contributed by atoms with E-state index in [2.05, 4.69) is 10.6 Å². The highest BCUT2D eigenvalue weighted by molar-refractivity contribution is 5.89. The van der Waals surface area contributed by atoms with Crippen LogP contribution in [0, 0.1) is 5.82 Å². The molecule has 1 fully saturated rings. The molecule has 3 rings (SSSR count). The number of nitrogens with one attached hydrogen (secondary N) is 2. The Labute approximate surface area is 145 Å². The smallest absolute Gasteiger partial charge is 0.319 e. The van der Waals surface area contributed by atoms with Gasteiger partial charge < -0.3 is 24.9 Å². The molecule has 3 N–H and O–H groups in total. The van der Waals surface area contributed by atoms with Crippen LogP contribution in [0.1, 0.15) is 37.5 Å². The minimum atomic E-state index is -0.945. The van der Waals surface area contributed by atoms with Crippen LogP contribution in [-0.4, -0.2) is 23.8 Å². The fourth-order valence-corrected chi connectivity index (χ4v) is 2.81. The number of aliphatic hydroxyl groups is 1. The van der Waals surface area contributed by atoms with Crippen LogP contribution < -0.4 is 15.4 Å². The number of halogens is 1. The number of benzene rings is 1. The summed E-state index contributed by atoms with van der Waals surface area (Å²) in [5.74, 6) is 0.0474. The van der Waals surface area contributed by atoms with Gasteiger partial charge in [-0.15, -0.1) is 0 Å². The lowest BCUT2D eigenvalue weighted by Crippen LogP contribution is -2.32. The molecule has 2 aromatic rings. The summed E-state index contributed by atoms with van der Waals surface area (Å²) in [5.41, 5.74) is 0.307. The van der Waals surface area contributed by atoms with Crippen molar-refractivity contribution in [2.24, 2.45) is 0 Å². The maximum absolute atomic E-state index is 14.1. The van der Waals surface area contributed by atoms with E-state index >= 15 is 0 Å². The lowest BCUT2D eigenvalue weighted by molar-refractivity contribution is 0.149. The van der Waals surface area contributed by atoms with Crippen molar-refractivity contribution in [1.82, 2.24) is 5.32 Å². The number of hydrogen-bond donors (Lipinski definition) is 3. The van der Waals surface area contributed by atoms with E-state index in [4.69, 9.17) is 9.15 Å². The van der Waals surface area contributed by atoms with Gasteiger partial charge in [-0.05, 0) is 49.9 Å². The number of urea groups is 1. The summed E-state index contributed by atoms with van der Waals surface area (Å²) in [6.07, 6.45) is 4.67. The molecule has 25 heavy (non-hydrogen) atoms. The SMILES string of the molecule is O=C(NCC(O)c1ccco1)Nc1ccc(OC2CCCC2)c(F)c1. The third-order valence-electron chi connectivity index (χ3n) is 4.11. The van der Waals surface area contributed by atoms with E-state index < -0.39 is 18.0 Å². The Morgan fingerprint density at radius 3 is 2.84 bits per heavy atom. The van der Waals surface area contributed by atoms with Gasteiger partial charge in [0.2, 0.25) is 0 Å². The van der Waals surface area contributed by atoms with Crippen LogP contribution >= 0.6 is 0 Å². The summed E-state index contributed by atoms with van der Waals surface area (Å²) < 4.78 is 24.8. The second-order valence-electron chi connectivity index (χ2n) is 6.04. The second-order valence-corrected chi connectivity index (χ2v) is 6.04. The van der Waals surface area contributed by atoms with Gasteiger partial charge in [-0.1, -0.05) is 0 Å². The zero-order chi connectivity index (χ0) is 17.6. The molecule has 1 aliphatic carbocycles. The number of ether oxygens (including phenoxy) is 1. The molecule has 0 saturated heterocycles. The van der Waals surface area contributed by atoms with Gasteiger partial charge in [-0.3, -0.25) is 0 Å². The highest BCUT2D eigenvalue weighted by atomic mass is 19.1. The van der Waals surface area contributed by atoms with Gasteiger partial charge in [0.25, 0.3) is 0 Å². The fraction of sp³-hybridized carbons (Fsp3) is 0.389.